The Morgan fingerprint density at radius 3 is 2.29 bits per heavy atom. The topological polar surface area (TPSA) is 55.1 Å². The molecule has 1 aliphatic carbocycles. The van der Waals surface area contributed by atoms with E-state index >= 15 is 0 Å². The fraction of sp³-hybridized carbons (Fsp3) is 0.929. The fourth-order valence-corrected chi connectivity index (χ4v) is 2.26. The van der Waals surface area contributed by atoms with Gasteiger partial charge in [0.15, 0.2) is 0 Å². The molecule has 0 radical (unpaired) electrons. The highest BCUT2D eigenvalue weighted by molar-refractivity contribution is 5.77. The average molecular weight is 240 g/mol. The summed E-state index contributed by atoms with van der Waals surface area (Å²) in [5.41, 5.74) is 6.14. The number of carbonyl (C=O) groups excluding carboxylic acids is 1. The largest absolute Gasteiger partial charge is 0.353 e. The Balaban J connectivity index is 2.43. The summed E-state index contributed by atoms with van der Waals surface area (Å²) in [6.07, 6.45) is 6.05. The van der Waals surface area contributed by atoms with Crippen LogP contribution >= 0.6 is 0 Å². The van der Waals surface area contributed by atoms with Gasteiger partial charge < -0.3 is 11.1 Å². The van der Waals surface area contributed by atoms with E-state index in [1.165, 1.54) is 19.3 Å². The second-order valence-corrected chi connectivity index (χ2v) is 6.76. The zero-order chi connectivity index (χ0) is 13.1. The lowest BCUT2D eigenvalue weighted by Gasteiger charge is -2.34. The normalized spacial score (nSPS) is 21.9. The van der Waals surface area contributed by atoms with Gasteiger partial charge in [0.2, 0.25) is 5.91 Å². The predicted molar refractivity (Wildman–Crippen MR) is 71.7 cm³/mol. The zero-order valence-electron chi connectivity index (χ0n) is 11.8. The maximum atomic E-state index is 12.0. The molecule has 0 spiro atoms. The first-order valence-corrected chi connectivity index (χ1v) is 6.81. The molecule has 0 aliphatic heterocycles. The van der Waals surface area contributed by atoms with Gasteiger partial charge in [-0.1, -0.05) is 40.0 Å². The Hall–Kier alpha value is -0.570. The van der Waals surface area contributed by atoms with Crippen molar-refractivity contribution in [3.63, 3.8) is 0 Å². The van der Waals surface area contributed by atoms with Crippen LogP contribution in [0.2, 0.25) is 0 Å². The summed E-state index contributed by atoms with van der Waals surface area (Å²) in [4.78, 5) is 12.0. The molecular formula is C14H28N2O. The van der Waals surface area contributed by atoms with Crippen LogP contribution < -0.4 is 11.1 Å². The van der Waals surface area contributed by atoms with E-state index < -0.39 is 0 Å². The summed E-state index contributed by atoms with van der Waals surface area (Å²) in [7, 11) is 0. The molecule has 0 aromatic rings. The first-order chi connectivity index (χ1) is 7.73. The van der Waals surface area contributed by atoms with Crippen LogP contribution in [0.15, 0.2) is 0 Å². The van der Waals surface area contributed by atoms with Crippen LogP contribution in [-0.2, 0) is 4.79 Å². The van der Waals surface area contributed by atoms with E-state index in [1.807, 2.05) is 0 Å². The van der Waals surface area contributed by atoms with E-state index in [-0.39, 0.29) is 22.9 Å². The van der Waals surface area contributed by atoms with Gasteiger partial charge in [0, 0.05) is 18.0 Å². The van der Waals surface area contributed by atoms with Gasteiger partial charge in [-0.25, -0.2) is 0 Å². The smallest absolute Gasteiger partial charge is 0.222 e. The molecule has 3 heteroatoms. The van der Waals surface area contributed by atoms with Crippen molar-refractivity contribution in [2.75, 3.05) is 0 Å². The van der Waals surface area contributed by atoms with Gasteiger partial charge in [0.05, 0.1) is 0 Å². The molecule has 0 heterocycles. The van der Waals surface area contributed by atoms with E-state index in [4.69, 9.17) is 5.73 Å². The number of rotatable bonds is 3. The number of nitrogens with one attached hydrogen (secondary N) is 1. The van der Waals surface area contributed by atoms with Gasteiger partial charge in [0.1, 0.15) is 0 Å². The number of amides is 1. The van der Waals surface area contributed by atoms with Crippen molar-refractivity contribution in [1.82, 2.24) is 5.32 Å². The van der Waals surface area contributed by atoms with Crippen molar-refractivity contribution in [3.05, 3.63) is 0 Å². The molecule has 0 aromatic heterocycles. The molecule has 0 saturated heterocycles. The Morgan fingerprint density at radius 2 is 1.82 bits per heavy atom. The van der Waals surface area contributed by atoms with Crippen LogP contribution in [0.4, 0.5) is 0 Å². The number of hydrogen-bond acceptors (Lipinski definition) is 2. The first kappa shape index (κ1) is 14.5. The highest BCUT2D eigenvalue weighted by atomic mass is 16.1. The molecule has 1 saturated carbocycles. The summed E-state index contributed by atoms with van der Waals surface area (Å²) in [5.74, 6) is 0.108. The maximum Gasteiger partial charge on any atom is 0.222 e. The molecular weight excluding hydrogens is 212 g/mol. The number of hydrogen-bond donors (Lipinski definition) is 2. The minimum Gasteiger partial charge on any atom is -0.353 e. The minimum atomic E-state index is -0.250. The highest BCUT2D eigenvalue weighted by Crippen LogP contribution is 2.29. The van der Waals surface area contributed by atoms with Crippen LogP contribution in [0.3, 0.4) is 0 Å². The summed E-state index contributed by atoms with van der Waals surface area (Å²) < 4.78 is 0. The van der Waals surface area contributed by atoms with Gasteiger partial charge in [-0.05, 0) is 25.2 Å². The molecule has 0 bridgehead atoms. The molecule has 100 valence electrons. The molecule has 0 aromatic carbocycles. The van der Waals surface area contributed by atoms with Crippen LogP contribution in [0, 0.1) is 5.41 Å². The molecule has 1 amide bonds. The molecule has 3 nitrogen and oxygen atoms in total. The van der Waals surface area contributed by atoms with Crippen LogP contribution in [0.25, 0.3) is 0 Å². The van der Waals surface area contributed by atoms with E-state index in [0.717, 1.165) is 12.8 Å². The first-order valence-electron chi connectivity index (χ1n) is 6.81. The Labute approximate surface area is 106 Å². The zero-order valence-corrected chi connectivity index (χ0v) is 11.8. The predicted octanol–water partition coefficient (Wildman–Crippen LogP) is 2.59. The molecule has 1 aliphatic rings. The van der Waals surface area contributed by atoms with Crippen molar-refractivity contribution in [3.8, 4) is 0 Å². The standard InChI is InChI=1S/C14H28N2O/c1-11(13(2,3)4)16-12(17)10-14(15)8-6-5-7-9-14/h11H,5-10,15H2,1-4H3,(H,16,17). The maximum absolute atomic E-state index is 12.0. The van der Waals surface area contributed by atoms with Gasteiger partial charge in [-0.15, -0.1) is 0 Å². The molecule has 1 fully saturated rings. The van der Waals surface area contributed by atoms with Crippen molar-refractivity contribution < 1.29 is 4.79 Å². The van der Waals surface area contributed by atoms with Gasteiger partial charge in [-0.3, -0.25) is 4.79 Å². The molecule has 17 heavy (non-hydrogen) atoms. The van der Waals surface area contributed by atoms with Crippen molar-refractivity contribution >= 4 is 5.91 Å². The monoisotopic (exact) mass is 240 g/mol. The summed E-state index contributed by atoms with van der Waals surface area (Å²) >= 11 is 0. The molecule has 3 N–H and O–H groups in total. The number of nitrogens with two attached hydrogens (primary N) is 1. The third-order valence-corrected chi connectivity index (χ3v) is 4.04. The van der Waals surface area contributed by atoms with Crippen molar-refractivity contribution in [2.45, 2.75) is 77.8 Å². The van der Waals surface area contributed by atoms with Crippen molar-refractivity contribution in [2.24, 2.45) is 11.1 Å². The fourth-order valence-electron chi connectivity index (χ4n) is 2.26. The minimum absolute atomic E-state index is 0.101. The van der Waals surface area contributed by atoms with E-state index in [1.54, 1.807) is 0 Å². The second kappa shape index (κ2) is 5.38. The second-order valence-electron chi connectivity index (χ2n) is 6.76. The van der Waals surface area contributed by atoms with Gasteiger partial charge in [-0.2, -0.15) is 0 Å². The highest BCUT2D eigenvalue weighted by Gasteiger charge is 2.31. The summed E-state index contributed by atoms with van der Waals surface area (Å²) in [5, 5.41) is 3.07. The van der Waals surface area contributed by atoms with Gasteiger partial charge in [0.25, 0.3) is 0 Å². The van der Waals surface area contributed by atoms with Crippen LogP contribution in [0.5, 0.6) is 0 Å². The lowest BCUT2D eigenvalue weighted by Crippen LogP contribution is -2.49. The Morgan fingerprint density at radius 1 is 1.29 bits per heavy atom. The van der Waals surface area contributed by atoms with Crippen LogP contribution in [0.1, 0.15) is 66.2 Å². The third-order valence-electron chi connectivity index (χ3n) is 4.04. The van der Waals surface area contributed by atoms with E-state index in [2.05, 4.69) is 33.0 Å². The van der Waals surface area contributed by atoms with E-state index in [0.29, 0.717) is 6.42 Å². The number of carbonyl (C=O) groups is 1. The lowest BCUT2D eigenvalue weighted by molar-refractivity contribution is -0.123. The third kappa shape index (κ3) is 4.66. The summed E-state index contributed by atoms with van der Waals surface area (Å²) in [6.45, 7) is 8.46. The Bertz CT molecular complexity index is 262. The van der Waals surface area contributed by atoms with E-state index in [9.17, 15) is 4.79 Å². The lowest BCUT2D eigenvalue weighted by atomic mass is 9.79. The molecule has 1 rings (SSSR count). The van der Waals surface area contributed by atoms with Crippen molar-refractivity contribution in [1.29, 1.82) is 0 Å². The quantitative estimate of drug-likeness (QED) is 0.796. The van der Waals surface area contributed by atoms with Gasteiger partial charge >= 0.3 is 0 Å². The molecule has 1 unspecified atom stereocenters. The summed E-state index contributed by atoms with van der Waals surface area (Å²) in [6, 6.07) is 0.183. The Kier molecular flexibility index (Phi) is 4.59. The average Bonchev–Trinajstić information content (AvgIpc) is 2.15. The molecule has 1 atom stereocenters. The SMILES string of the molecule is CC(NC(=O)CC1(N)CCCCC1)C(C)(C)C. The van der Waals surface area contributed by atoms with Crippen LogP contribution in [-0.4, -0.2) is 17.5 Å².